The van der Waals surface area contributed by atoms with Gasteiger partial charge in [0.15, 0.2) is 0 Å². The standard InChI is InChI=1S/C29H35N3O4S/c1-23(2)26-11-13-27(14-12-26)32(37(34,35)28-9-4-3-5-10-28)22-29(33)30-20-24-7-6-8-25(19-24)21-31-15-17-36-18-16-31/h3-14,19,23H,15-18,20-22H2,1-2H3,(H,30,33). The Balaban J connectivity index is 1.47. The molecule has 3 aromatic carbocycles. The van der Waals surface area contributed by atoms with E-state index in [2.05, 4.69) is 36.2 Å². The molecule has 0 saturated carbocycles. The molecular weight excluding hydrogens is 486 g/mol. The van der Waals surface area contributed by atoms with Gasteiger partial charge in [-0.2, -0.15) is 0 Å². The maximum atomic E-state index is 13.5. The van der Waals surface area contributed by atoms with Crippen molar-refractivity contribution in [2.24, 2.45) is 0 Å². The number of hydrogen-bond acceptors (Lipinski definition) is 5. The van der Waals surface area contributed by atoms with Gasteiger partial charge >= 0.3 is 0 Å². The maximum absolute atomic E-state index is 13.5. The number of nitrogens with one attached hydrogen (secondary N) is 1. The second-order valence-corrected chi connectivity index (χ2v) is 11.4. The first kappa shape index (κ1) is 26.9. The highest BCUT2D eigenvalue weighted by Crippen LogP contribution is 2.25. The molecule has 1 saturated heterocycles. The van der Waals surface area contributed by atoms with Crippen LogP contribution in [0.2, 0.25) is 0 Å². The van der Waals surface area contributed by atoms with Gasteiger partial charge in [-0.1, -0.05) is 68.4 Å². The minimum atomic E-state index is -3.93. The summed E-state index contributed by atoms with van der Waals surface area (Å²) >= 11 is 0. The molecule has 0 bridgehead atoms. The number of carbonyl (C=O) groups excluding carboxylic acids is 1. The Morgan fingerprint density at radius 1 is 0.946 bits per heavy atom. The van der Waals surface area contributed by atoms with Gasteiger partial charge in [-0.3, -0.25) is 14.0 Å². The SMILES string of the molecule is CC(C)c1ccc(N(CC(=O)NCc2cccc(CN3CCOCC3)c2)S(=O)(=O)c2ccccc2)cc1. The van der Waals surface area contributed by atoms with Crippen molar-refractivity contribution < 1.29 is 17.9 Å². The van der Waals surface area contributed by atoms with Crippen LogP contribution in [0.4, 0.5) is 5.69 Å². The summed E-state index contributed by atoms with van der Waals surface area (Å²) < 4.78 is 33.7. The number of benzene rings is 3. The molecule has 196 valence electrons. The minimum absolute atomic E-state index is 0.145. The van der Waals surface area contributed by atoms with Gasteiger partial charge in [0.2, 0.25) is 5.91 Å². The average Bonchev–Trinajstić information content (AvgIpc) is 2.92. The number of carbonyl (C=O) groups is 1. The molecule has 1 amide bonds. The number of hydrogen-bond donors (Lipinski definition) is 1. The summed E-state index contributed by atoms with van der Waals surface area (Å²) in [5.74, 6) is -0.0541. The Morgan fingerprint density at radius 2 is 1.62 bits per heavy atom. The zero-order chi connectivity index (χ0) is 26.3. The molecule has 1 fully saturated rings. The van der Waals surface area contributed by atoms with Crippen molar-refractivity contribution in [2.75, 3.05) is 37.2 Å². The number of rotatable bonds is 10. The molecule has 3 aromatic rings. The first-order valence-corrected chi connectivity index (χ1v) is 14.1. The summed E-state index contributed by atoms with van der Waals surface area (Å²) in [7, 11) is -3.93. The number of ether oxygens (including phenoxy) is 1. The Bertz CT molecular complexity index is 1270. The number of morpholine rings is 1. The Hall–Kier alpha value is -3.20. The van der Waals surface area contributed by atoms with Crippen molar-refractivity contribution in [3.05, 3.63) is 95.6 Å². The van der Waals surface area contributed by atoms with Gasteiger partial charge < -0.3 is 10.1 Å². The zero-order valence-electron chi connectivity index (χ0n) is 21.5. The molecule has 4 rings (SSSR count). The van der Waals surface area contributed by atoms with Crippen LogP contribution in [0.1, 0.15) is 36.5 Å². The van der Waals surface area contributed by atoms with E-state index >= 15 is 0 Å². The first-order chi connectivity index (χ1) is 17.8. The summed E-state index contributed by atoms with van der Waals surface area (Å²) in [6.45, 7) is 8.31. The first-order valence-electron chi connectivity index (χ1n) is 12.7. The fourth-order valence-corrected chi connectivity index (χ4v) is 5.74. The number of amides is 1. The number of sulfonamides is 1. The molecule has 1 aliphatic rings. The highest BCUT2D eigenvalue weighted by atomic mass is 32.2. The summed E-state index contributed by atoms with van der Waals surface area (Å²) in [5.41, 5.74) is 3.70. The van der Waals surface area contributed by atoms with E-state index in [1.54, 1.807) is 42.5 Å². The molecule has 0 aromatic heterocycles. The van der Waals surface area contributed by atoms with Crippen molar-refractivity contribution in [3.8, 4) is 0 Å². The van der Waals surface area contributed by atoms with Gasteiger partial charge in [0, 0.05) is 26.2 Å². The van der Waals surface area contributed by atoms with Crippen LogP contribution < -0.4 is 9.62 Å². The predicted octanol–water partition coefficient (Wildman–Crippen LogP) is 4.15. The van der Waals surface area contributed by atoms with E-state index in [0.717, 1.165) is 44.0 Å². The lowest BCUT2D eigenvalue weighted by atomic mass is 10.0. The highest BCUT2D eigenvalue weighted by molar-refractivity contribution is 7.92. The van der Waals surface area contributed by atoms with Crippen molar-refractivity contribution in [1.29, 1.82) is 0 Å². The summed E-state index contributed by atoms with van der Waals surface area (Å²) in [6, 6.07) is 23.7. The van der Waals surface area contributed by atoms with Gasteiger partial charge in [0.25, 0.3) is 10.0 Å². The van der Waals surface area contributed by atoms with E-state index in [0.29, 0.717) is 18.2 Å². The summed E-state index contributed by atoms with van der Waals surface area (Å²) in [6.07, 6.45) is 0. The third-order valence-electron chi connectivity index (χ3n) is 6.46. The van der Waals surface area contributed by atoms with E-state index in [1.165, 1.54) is 9.87 Å². The fraction of sp³-hybridized carbons (Fsp3) is 0.345. The molecule has 1 aliphatic heterocycles. The van der Waals surface area contributed by atoms with E-state index < -0.39 is 10.0 Å². The quantitative estimate of drug-likeness (QED) is 0.434. The van der Waals surface area contributed by atoms with Crippen LogP contribution in [-0.2, 0) is 32.6 Å². The van der Waals surface area contributed by atoms with Gasteiger partial charge in [-0.15, -0.1) is 0 Å². The van der Waals surface area contributed by atoms with Crippen molar-refractivity contribution >= 4 is 21.6 Å². The molecule has 1 N–H and O–H groups in total. The topological polar surface area (TPSA) is 79.0 Å². The van der Waals surface area contributed by atoms with Gasteiger partial charge in [-0.25, -0.2) is 8.42 Å². The molecule has 0 atom stereocenters. The molecule has 0 aliphatic carbocycles. The molecule has 8 heteroatoms. The molecule has 37 heavy (non-hydrogen) atoms. The predicted molar refractivity (Wildman–Crippen MR) is 146 cm³/mol. The lowest BCUT2D eigenvalue weighted by molar-refractivity contribution is -0.119. The van der Waals surface area contributed by atoms with Crippen LogP contribution >= 0.6 is 0 Å². The Kier molecular flexibility index (Phi) is 8.97. The molecular formula is C29H35N3O4S. The average molecular weight is 522 g/mol. The van der Waals surface area contributed by atoms with E-state index in [-0.39, 0.29) is 17.3 Å². The van der Waals surface area contributed by atoms with E-state index in [1.807, 2.05) is 24.3 Å². The van der Waals surface area contributed by atoms with Crippen molar-refractivity contribution in [2.45, 2.75) is 37.8 Å². The summed E-state index contributed by atoms with van der Waals surface area (Å²) in [5, 5.41) is 2.90. The Labute approximate surface area is 220 Å². The van der Waals surface area contributed by atoms with Crippen LogP contribution in [0.15, 0.2) is 83.8 Å². The highest BCUT2D eigenvalue weighted by Gasteiger charge is 2.27. The third kappa shape index (κ3) is 7.19. The fourth-order valence-electron chi connectivity index (χ4n) is 4.30. The summed E-state index contributed by atoms with van der Waals surface area (Å²) in [4.78, 5) is 15.5. The third-order valence-corrected chi connectivity index (χ3v) is 8.25. The van der Waals surface area contributed by atoms with Crippen LogP contribution in [-0.4, -0.2) is 52.1 Å². The van der Waals surface area contributed by atoms with Gasteiger partial charge in [0.1, 0.15) is 6.54 Å². The Morgan fingerprint density at radius 3 is 2.30 bits per heavy atom. The molecule has 0 spiro atoms. The van der Waals surface area contributed by atoms with Crippen LogP contribution in [0.3, 0.4) is 0 Å². The largest absolute Gasteiger partial charge is 0.379 e. The van der Waals surface area contributed by atoms with Gasteiger partial charge in [-0.05, 0) is 46.9 Å². The normalized spacial score (nSPS) is 14.5. The van der Waals surface area contributed by atoms with Crippen molar-refractivity contribution in [1.82, 2.24) is 10.2 Å². The smallest absolute Gasteiger partial charge is 0.264 e. The molecule has 7 nitrogen and oxygen atoms in total. The van der Waals surface area contributed by atoms with Crippen molar-refractivity contribution in [3.63, 3.8) is 0 Å². The zero-order valence-corrected chi connectivity index (χ0v) is 22.3. The second-order valence-electron chi connectivity index (χ2n) is 9.56. The number of anilines is 1. The molecule has 0 radical (unpaired) electrons. The molecule has 0 unspecified atom stereocenters. The van der Waals surface area contributed by atoms with E-state index in [4.69, 9.17) is 4.74 Å². The van der Waals surface area contributed by atoms with Crippen LogP contribution in [0, 0.1) is 0 Å². The lowest BCUT2D eigenvalue weighted by Gasteiger charge is -2.26. The van der Waals surface area contributed by atoms with Crippen LogP contribution in [0.5, 0.6) is 0 Å². The maximum Gasteiger partial charge on any atom is 0.264 e. The lowest BCUT2D eigenvalue weighted by Crippen LogP contribution is -2.40. The van der Waals surface area contributed by atoms with Crippen LogP contribution in [0.25, 0.3) is 0 Å². The van der Waals surface area contributed by atoms with E-state index in [9.17, 15) is 13.2 Å². The number of nitrogens with zero attached hydrogens (tertiary/aromatic N) is 2. The molecule has 1 heterocycles. The van der Waals surface area contributed by atoms with Gasteiger partial charge in [0.05, 0.1) is 23.8 Å². The minimum Gasteiger partial charge on any atom is -0.379 e. The monoisotopic (exact) mass is 521 g/mol. The second kappa shape index (κ2) is 12.4.